The molecule has 0 rings (SSSR count). The van der Waals surface area contributed by atoms with Crippen LogP contribution in [0, 0.1) is 0 Å². The Bertz CT molecular complexity index is 192. The van der Waals surface area contributed by atoms with Crippen molar-refractivity contribution >= 4 is 31.9 Å². The topological polar surface area (TPSA) is 20.2 Å². The number of aliphatic hydroxyl groups is 1. The summed E-state index contributed by atoms with van der Waals surface area (Å²) in [4.78, 5) is 0. The summed E-state index contributed by atoms with van der Waals surface area (Å²) in [6, 6.07) is 0. The second-order valence-corrected chi connectivity index (χ2v) is 8.67. The second-order valence-electron chi connectivity index (χ2n) is 4.61. The van der Waals surface area contributed by atoms with Gasteiger partial charge < -0.3 is 5.11 Å². The summed E-state index contributed by atoms with van der Waals surface area (Å²) in [5.41, 5.74) is 0. The Balaban J connectivity index is 4.20. The first-order chi connectivity index (χ1) is 6.16. The summed E-state index contributed by atoms with van der Waals surface area (Å²) < 4.78 is 0.0693. The number of rotatable bonds is 5. The van der Waals surface area contributed by atoms with Gasteiger partial charge in [0, 0.05) is 8.65 Å². The minimum absolute atomic E-state index is 0.0288. The molecule has 14 heavy (non-hydrogen) atoms. The summed E-state index contributed by atoms with van der Waals surface area (Å²) in [6.07, 6.45) is 5.04. The fraction of sp³-hybridized carbons (Fsp3) is 0.818. The molecule has 1 N–H and O–H groups in total. The van der Waals surface area contributed by atoms with E-state index in [0.717, 1.165) is 12.8 Å². The molecular formula is C11H20Br2O. The summed E-state index contributed by atoms with van der Waals surface area (Å²) >= 11 is 7.28. The largest absolute Gasteiger partial charge is 0.389 e. The van der Waals surface area contributed by atoms with Gasteiger partial charge in [0.1, 0.15) is 0 Å². The fourth-order valence-electron chi connectivity index (χ4n) is 1.67. The molecule has 0 radical (unpaired) electrons. The third kappa shape index (κ3) is 8.01. The van der Waals surface area contributed by atoms with Crippen LogP contribution in [0.3, 0.4) is 0 Å². The van der Waals surface area contributed by atoms with Crippen LogP contribution in [-0.4, -0.2) is 19.9 Å². The van der Waals surface area contributed by atoms with Crippen molar-refractivity contribution < 1.29 is 5.11 Å². The minimum Gasteiger partial charge on any atom is -0.389 e. The molecule has 84 valence electrons. The lowest BCUT2D eigenvalue weighted by atomic mass is 9.93. The Kier molecular flexibility index (Phi) is 5.93. The molecule has 0 spiro atoms. The maximum atomic E-state index is 9.65. The first-order valence-electron chi connectivity index (χ1n) is 4.85. The Labute approximate surface area is 104 Å². The number of hydrogen-bond acceptors (Lipinski definition) is 1. The van der Waals surface area contributed by atoms with Crippen LogP contribution < -0.4 is 0 Å². The molecule has 0 aromatic heterocycles. The molecule has 3 heteroatoms. The van der Waals surface area contributed by atoms with E-state index in [1.54, 1.807) is 0 Å². The van der Waals surface area contributed by atoms with Gasteiger partial charge in [-0.3, -0.25) is 0 Å². The van der Waals surface area contributed by atoms with Gasteiger partial charge in [0.15, 0.2) is 0 Å². The maximum Gasteiger partial charge on any atom is 0.0734 e. The lowest BCUT2D eigenvalue weighted by Crippen LogP contribution is -2.29. The fourth-order valence-corrected chi connectivity index (χ4v) is 3.70. The van der Waals surface area contributed by atoms with Crippen molar-refractivity contribution in [2.75, 3.05) is 0 Å². The van der Waals surface area contributed by atoms with E-state index in [-0.39, 0.29) is 14.8 Å². The summed E-state index contributed by atoms with van der Waals surface area (Å²) in [5, 5.41) is 9.65. The van der Waals surface area contributed by atoms with Gasteiger partial charge in [0.05, 0.1) is 6.10 Å². The summed E-state index contributed by atoms with van der Waals surface area (Å²) in [6.45, 7) is 8.30. The number of allylic oxidation sites excluding steroid dienone is 1. The molecule has 0 aliphatic carbocycles. The van der Waals surface area contributed by atoms with Crippen LogP contribution in [0.5, 0.6) is 0 Å². The van der Waals surface area contributed by atoms with Crippen LogP contribution in [0.15, 0.2) is 12.2 Å². The molecule has 0 bridgehead atoms. The molecule has 0 saturated heterocycles. The van der Waals surface area contributed by atoms with E-state index in [1.807, 2.05) is 19.1 Å². The van der Waals surface area contributed by atoms with E-state index in [4.69, 9.17) is 0 Å². The zero-order chi connectivity index (χ0) is 11.4. The highest BCUT2D eigenvalue weighted by Crippen LogP contribution is 2.36. The van der Waals surface area contributed by atoms with Crippen LogP contribution in [0.25, 0.3) is 0 Å². The highest BCUT2D eigenvalue weighted by Gasteiger charge is 2.29. The average Bonchev–Trinajstić information content (AvgIpc) is 1.78. The van der Waals surface area contributed by atoms with E-state index >= 15 is 0 Å². The van der Waals surface area contributed by atoms with E-state index in [2.05, 4.69) is 52.6 Å². The molecule has 0 saturated carbocycles. The molecule has 0 aromatic carbocycles. The quantitative estimate of drug-likeness (QED) is 0.597. The lowest BCUT2D eigenvalue weighted by molar-refractivity contribution is 0.195. The minimum atomic E-state index is -0.362. The first-order valence-corrected chi connectivity index (χ1v) is 6.44. The van der Waals surface area contributed by atoms with Gasteiger partial charge in [0.25, 0.3) is 0 Å². The Morgan fingerprint density at radius 3 is 2.14 bits per heavy atom. The molecule has 0 aromatic rings. The van der Waals surface area contributed by atoms with Crippen LogP contribution in [-0.2, 0) is 0 Å². The van der Waals surface area contributed by atoms with Gasteiger partial charge >= 0.3 is 0 Å². The van der Waals surface area contributed by atoms with Gasteiger partial charge in [-0.2, -0.15) is 0 Å². The van der Waals surface area contributed by atoms with E-state index in [0.29, 0.717) is 0 Å². The first kappa shape index (κ1) is 14.7. The molecule has 1 nitrogen and oxygen atoms in total. The summed E-state index contributed by atoms with van der Waals surface area (Å²) in [7, 11) is 0. The number of halogens is 2. The third-order valence-electron chi connectivity index (χ3n) is 1.84. The third-order valence-corrected chi connectivity index (χ3v) is 2.72. The molecule has 0 fully saturated rings. The molecule has 0 aliphatic heterocycles. The smallest absolute Gasteiger partial charge is 0.0734 e. The van der Waals surface area contributed by atoms with Crippen LogP contribution in [0.1, 0.15) is 40.5 Å². The van der Waals surface area contributed by atoms with Gasteiger partial charge in [-0.1, -0.05) is 57.9 Å². The lowest BCUT2D eigenvalue weighted by Gasteiger charge is -2.30. The second kappa shape index (κ2) is 5.66. The Hall–Kier alpha value is 0.660. The maximum absolute atomic E-state index is 9.65. The van der Waals surface area contributed by atoms with E-state index in [1.165, 1.54) is 0 Å². The van der Waals surface area contributed by atoms with Crippen molar-refractivity contribution in [3.63, 3.8) is 0 Å². The molecule has 0 heterocycles. The SMILES string of the molecule is CC=CC(O)CC(C)(Br)CC(C)(C)Br. The Morgan fingerprint density at radius 2 is 1.79 bits per heavy atom. The van der Waals surface area contributed by atoms with Crippen molar-refractivity contribution in [2.45, 2.75) is 55.3 Å². The predicted molar refractivity (Wildman–Crippen MR) is 70.4 cm³/mol. The van der Waals surface area contributed by atoms with Crippen molar-refractivity contribution in [3.05, 3.63) is 12.2 Å². The van der Waals surface area contributed by atoms with E-state index < -0.39 is 0 Å². The van der Waals surface area contributed by atoms with Crippen LogP contribution >= 0.6 is 31.9 Å². The average molecular weight is 328 g/mol. The zero-order valence-corrected chi connectivity index (χ0v) is 12.5. The van der Waals surface area contributed by atoms with Gasteiger partial charge in [-0.15, -0.1) is 0 Å². The van der Waals surface area contributed by atoms with Gasteiger partial charge in [-0.25, -0.2) is 0 Å². The predicted octanol–water partition coefficient (Wildman–Crippen LogP) is 4.03. The number of aliphatic hydroxyl groups excluding tert-OH is 1. The monoisotopic (exact) mass is 326 g/mol. The molecule has 2 atom stereocenters. The molecular weight excluding hydrogens is 308 g/mol. The van der Waals surface area contributed by atoms with E-state index in [9.17, 15) is 5.11 Å². The standard InChI is InChI=1S/C11H20Br2O/c1-5-6-9(14)7-11(4,13)8-10(2,3)12/h5-6,9,14H,7-8H2,1-4H3. The highest BCUT2D eigenvalue weighted by atomic mass is 79.9. The van der Waals surface area contributed by atoms with Crippen molar-refractivity contribution in [1.29, 1.82) is 0 Å². The van der Waals surface area contributed by atoms with Crippen molar-refractivity contribution in [1.82, 2.24) is 0 Å². The van der Waals surface area contributed by atoms with Gasteiger partial charge in [-0.05, 0) is 26.7 Å². The Morgan fingerprint density at radius 1 is 1.29 bits per heavy atom. The molecule has 2 unspecified atom stereocenters. The summed E-state index contributed by atoms with van der Waals surface area (Å²) in [5.74, 6) is 0. The van der Waals surface area contributed by atoms with Gasteiger partial charge in [0.2, 0.25) is 0 Å². The van der Waals surface area contributed by atoms with Crippen LogP contribution in [0.2, 0.25) is 0 Å². The highest BCUT2D eigenvalue weighted by molar-refractivity contribution is 9.10. The number of alkyl halides is 2. The van der Waals surface area contributed by atoms with Crippen LogP contribution in [0.4, 0.5) is 0 Å². The zero-order valence-electron chi connectivity index (χ0n) is 9.35. The number of hydrogen-bond donors (Lipinski definition) is 1. The molecule has 0 amide bonds. The normalized spacial score (nSPS) is 19.6. The van der Waals surface area contributed by atoms with Crippen molar-refractivity contribution in [3.8, 4) is 0 Å². The van der Waals surface area contributed by atoms with Crippen molar-refractivity contribution in [2.24, 2.45) is 0 Å². The molecule has 0 aliphatic rings.